The minimum absolute atomic E-state index is 0.208. The molecule has 0 aliphatic carbocycles. The van der Waals surface area contributed by atoms with E-state index in [0.29, 0.717) is 13.1 Å². The van der Waals surface area contributed by atoms with Gasteiger partial charge >= 0.3 is 6.03 Å². The van der Waals surface area contributed by atoms with Crippen molar-refractivity contribution >= 4 is 11.9 Å². The summed E-state index contributed by atoms with van der Waals surface area (Å²) in [6.07, 6.45) is 0.774. The molecule has 1 rings (SSSR count). The van der Waals surface area contributed by atoms with Gasteiger partial charge in [-0.25, -0.2) is 4.79 Å². The van der Waals surface area contributed by atoms with E-state index in [1.165, 1.54) is 11.8 Å². The van der Waals surface area contributed by atoms with Crippen LogP contribution in [0.25, 0.3) is 0 Å². The van der Waals surface area contributed by atoms with Crippen molar-refractivity contribution in [1.29, 1.82) is 0 Å². The lowest BCUT2D eigenvalue weighted by atomic mass is 10.4. The van der Waals surface area contributed by atoms with Gasteiger partial charge in [0, 0.05) is 39.6 Å². The van der Waals surface area contributed by atoms with Crippen LogP contribution in [0.2, 0.25) is 0 Å². The second-order valence-electron chi connectivity index (χ2n) is 4.36. The highest BCUT2D eigenvalue weighted by Gasteiger charge is 2.16. The molecule has 1 fully saturated rings. The van der Waals surface area contributed by atoms with E-state index < -0.39 is 0 Å². The van der Waals surface area contributed by atoms with Gasteiger partial charge in [0.25, 0.3) is 0 Å². The molecule has 0 unspecified atom stereocenters. The number of rotatable bonds is 5. The van der Waals surface area contributed by atoms with Crippen molar-refractivity contribution in [2.45, 2.75) is 20.3 Å². The largest absolute Gasteiger partial charge is 0.379 e. The average Bonchev–Trinajstić information content (AvgIpc) is 2.36. The van der Waals surface area contributed by atoms with E-state index in [9.17, 15) is 9.59 Å². The lowest BCUT2D eigenvalue weighted by Crippen LogP contribution is -2.46. The highest BCUT2D eigenvalue weighted by Crippen LogP contribution is 1.96. The summed E-state index contributed by atoms with van der Waals surface area (Å²) in [7, 11) is 0. The first kappa shape index (κ1) is 14.9. The summed E-state index contributed by atoms with van der Waals surface area (Å²) in [5.74, 6) is -0.208. The number of hydrogen-bond acceptors (Lipinski definition) is 4. The SMILES string of the molecule is CCCN(C(C)=O)C(=O)NCCN1CCOCC1. The first-order chi connectivity index (χ1) is 8.65. The lowest BCUT2D eigenvalue weighted by Gasteiger charge is -2.27. The zero-order valence-corrected chi connectivity index (χ0v) is 11.3. The second kappa shape index (κ2) is 8.05. The van der Waals surface area contributed by atoms with Crippen LogP contribution >= 0.6 is 0 Å². The molecule has 0 aromatic heterocycles. The smallest absolute Gasteiger partial charge is 0.324 e. The number of amides is 3. The van der Waals surface area contributed by atoms with Crippen molar-refractivity contribution < 1.29 is 14.3 Å². The van der Waals surface area contributed by atoms with Gasteiger partial charge < -0.3 is 10.1 Å². The van der Waals surface area contributed by atoms with Gasteiger partial charge in [-0.3, -0.25) is 14.6 Å². The number of carbonyl (C=O) groups excluding carboxylic acids is 2. The Hall–Kier alpha value is -1.14. The summed E-state index contributed by atoms with van der Waals surface area (Å²) >= 11 is 0. The van der Waals surface area contributed by atoms with E-state index in [2.05, 4.69) is 10.2 Å². The maximum Gasteiger partial charge on any atom is 0.324 e. The van der Waals surface area contributed by atoms with E-state index >= 15 is 0 Å². The molecule has 0 atom stereocenters. The lowest BCUT2D eigenvalue weighted by molar-refractivity contribution is -0.126. The van der Waals surface area contributed by atoms with Crippen molar-refractivity contribution in [2.75, 3.05) is 45.9 Å². The number of ether oxygens (including phenoxy) is 1. The van der Waals surface area contributed by atoms with Gasteiger partial charge in [0.05, 0.1) is 13.2 Å². The van der Waals surface area contributed by atoms with Gasteiger partial charge in [-0.05, 0) is 6.42 Å². The first-order valence-electron chi connectivity index (χ1n) is 6.51. The van der Waals surface area contributed by atoms with Crippen molar-refractivity contribution in [3.63, 3.8) is 0 Å². The second-order valence-corrected chi connectivity index (χ2v) is 4.36. The molecule has 1 saturated heterocycles. The Morgan fingerprint density at radius 1 is 1.33 bits per heavy atom. The highest BCUT2D eigenvalue weighted by atomic mass is 16.5. The summed E-state index contributed by atoms with van der Waals surface area (Å²) in [4.78, 5) is 26.5. The third-order valence-electron chi connectivity index (χ3n) is 2.88. The summed E-state index contributed by atoms with van der Waals surface area (Å²) in [5, 5.41) is 2.78. The summed E-state index contributed by atoms with van der Waals surface area (Å²) in [6.45, 7) is 8.50. The quantitative estimate of drug-likeness (QED) is 0.769. The molecule has 1 N–H and O–H groups in total. The minimum atomic E-state index is -0.294. The first-order valence-corrected chi connectivity index (χ1v) is 6.51. The molecule has 18 heavy (non-hydrogen) atoms. The highest BCUT2D eigenvalue weighted by molar-refractivity contribution is 5.93. The Labute approximate surface area is 108 Å². The van der Waals surface area contributed by atoms with Crippen molar-refractivity contribution in [2.24, 2.45) is 0 Å². The molecule has 6 nitrogen and oxygen atoms in total. The molecule has 0 aromatic rings. The summed E-state index contributed by atoms with van der Waals surface area (Å²) in [6, 6.07) is -0.294. The third-order valence-corrected chi connectivity index (χ3v) is 2.88. The molecule has 3 amide bonds. The van der Waals surface area contributed by atoms with Gasteiger partial charge in [0.1, 0.15) is 0 Å². The van der Waals surface area contributed by atoms with Crippen LogP contribution in [-0.4, -0.2) is 67.7 Å². The molecule has 0 saturated carbocycles. The number of imide groups is 1. The molecular formula is C12H23N3O3. The zero-order chi connectivity index (χ0) is 13.4. The Kier molecular flexibility index (Phi) is 6.67. The maximum atomic E-state index is 11.8. The van der Waals surface area contributed by atoms with Crippen LogP contribution < -0.4 is 5.32 Å². The zero-order valence-electron chi connectivity index (χ0n) is 11.3. The van der Waals surface area contributed by atoms with Crippen molar-refractivity contribution in [1.82, 2.24) is 15.1 Å². The van der Waals surface area contributed by atoms with E-state index in [4.69, 9.17) is 4.74 Å². The molecule has 1 aliphatic rings. The Balaban J connectivity index is 2.23. The Morgan fingerprint density at radius 2 is 2.00 bits per heavy atom. The molecule has 0 spiro atoms. The Bertz CT molecular complexity index is 278. The fraction of sp³-hybridized carbons (Fsp3) is 0.833. The molecule has 1 heterocycles. The molecule has 1 aliphatic heterocycles. The van der Waals surface area contributed by atoms with Gasteiger partial charge in [0.15, 0.2) is 0 Å². The minimum Gasteiger partial charge on any atom is -0.379 e. The van der Waals surface area contributed by atoms with Gasteiger partial charge in [-0.15, -0.1) is 0 Å². The maximum absolute atomic E-state index is 11.8. The normalized spacial score (nSPS) is 16.3. The molecule has 0 aromatic carbocycles. The number of hydrogen-bond donors (Lipinski definition) is 1. The van der Waals surface area contributed by atoms with Crippen LogP contribution in [0.5, 0.6) is 0 Å². The van der Waals surface area contributed by atoms with Gasteiger partial charge in [-0.2, -0.15) is 0 Å². The molecule has 104 valence electrons. The monoisotopic (exact) mass is 257 g/mol. The topological polar surface area (TPSA) is 61.9 Å². The molecule has 0 bridgehead atoms. The van der Waals surface area contributed by atoms with Gasteiger partial charge in [0.2, 0.25) is 5.91 Å². The van der Waals surface area contributed by atoms with E-state index in [1.807, 2.05) is 6.92 Å². The van der Waals surface area contributed by atoms with Crippen LogP contribution in [0.3, 0.4) is 0 Å². The fourth-order valence-corrected chi connectivity index (χ4v) is 1.87. The number of nitrogens with one attached hydrogen (secondary N) is 1. The van der Waals surface area contributed by atoms with Crippen LogP contribution in [0.15, 0.2) is 0 Å². The number of nitrogens with zero attached hydrogens (tertiary/aromatic N) is 2. The van der Waals surface area contributed by atoms with Crippen LogP contribution in [-0.2, 0) is 9.53 Å². The van der Waals surface area contributed by atoms with Crippen molar-refractivity contribution in [3.05, 3.63) is 0 Å². The average molecular weight is 257 g/mol. The summed E-state index contributed by atoms with van der Waals surface area (Å²) < 4.78 is 5.25. The third kappa shape index (κ3) is 5.01. The summed E-state index contributed by atoms with van der Waals surface area (Å²) in [5.41, 5.74) is 0. The van der Waals surface area contributed by atoms with Crippen LogP contribution in [0.1, 0.15) is 20.3 Å². The van der Waals surface area contributed by atoms with Crippen LogP contribution in [0, 0.1) is 0 Å². The fourth-order valence-electron chi connectivity index (χ4n) is 1.87. The standard InChI is InChI=1S/C12H23N3O3/c1-3-5-15(11(2)16)12(17)13-4-6-14-7-9-18-10-8-14/h3-10H2,1-2H3,(H,13,17). The van der Waals surface area contributed by atoms with Crippen LogP contribution in [0.4, 0.5) is 4.79 Å². The van der Waals surface area contributed by atoms with Gasteiger partial charge in [-0.1, -0.05) is 6.92 Å². The van der Waals surface area contributed by atoms with E-state index in [0.717, 1.165) is 39.3 Å². The van der Waals surface area contributed by atoms with E-state index in [-0.39, 0.29) is 11.9 Å². The number of urea groups is 1. The number of carbonyl (C=O) groups is 2. The predicted molar refractivity (Wildman–Crippen MR) is 68.3 cm³/mol. The van der Waals surface area contributed by atoms with E-state index in [1.54, 1.807) is 0 Å². The molecular weight excluding hydrogens is 234 g/mol. The number of morpholine rings is 1. The predicted octanol–water partition coefficient (Wildman–Crippen LogP) is 0.287. The Morgan fingerprint density at radius 3 is 2.56 bits per heavy atom. The molecule has 6 heteroatoms. The van der Waals surface area contributed by atoms with Crippen molar-refractivity contribution in [3.8, 4) is 0 Å². The molecule has 0 radical (unpaired) electrons.